The van der Waals surface area contributed by atoms with Gasteiger partial charge in [0, 0.05) is 12.4 Å². The summed E-state index contributed by atoms with van der Waals surface area (Å²) in [5, 5.41) is 3.71. The monoisotopic (exact) mass is 309 g/mol. The SMILES string of the molecule is Fc1c(Cl)cccc1NCc1cn2cc(Cl)ccc2n1. The fraction of sp³-hybridized carbons (Fsp3) is 0.0714. The molecule has 0 radical (unpaired) electrons. The van der Waals surface area contributed by atoms with E-state index in [-0.39, 0.29) is 5.02 Å². The molecule has 2 aromatic heterocycles. The Labute approximate surface area is 125 Å². The second-order valence-electron chi connectivity index (χ2n) is 4.30. The third kappa shape index (κ3) is 2.57. The van der Waals surface area contributed by atoms with E-state index in [9.17, 15) is 4.39 Å². The van der Waals surface area contributed by atoms with Gasteiger partial charge < -0.3 is 9.72 Å². The highest BCUT2D eigenvalue weighted by Crippen LogP contribution is 2.22. The van der Waals surface area contributed by atoms with Gasteiger partial charge in [-0.3, -0.25) is 0 Å². The molecule has 0 aliphatic carbocycles. The molecule has 6 heteroatoms. The number of nitrogens with zero attached hydrogens (tertiary/aromatic N) is 2. The lowest BCUT2D eigenvalue weighted by atomic mass is 10.3. The van der Waals surface area contributed by atoms with E-state index in [0.717, 1.165) is 11.3 Å². The van der Waals surface area contributed by atoms with Gasteiger partial charge in [0.1, 0.15) is 5.65 Å². The topological polar surface area (TPSA) is 29.3 Å². The number of hydrogen-bond acceptors (Lipinski definition) is 2. The summed E-state index contributed by atoms with van der Waals surface area (Å²) in [6.07, 6.45) is 3.62. The van der Waals surface area contributed by atoms with Gasteiger partial charge in [-0.05, 0) is 24.3 Å². The Balaban J connectivity index is 1.81. The summed E-state index contributed by atoms with van der Waals surface area (Å²) in [5.74, 6) is -0.457. The van der Waals surface area contributed by atoms with E-state index >= 15 is 0 Å². The standard InChI is InChI=1S/C14H10Cl2FN3/c15-9-4-5-13-19-10(8-20(13)7-9)6-18-12-3-1-2-11(16)14(12)17/h1-5,7-8,18H,6H2. The fourth-order valence-electron chi connectivity index (χ4n) is 1.93. The van der Waals surface area contributed by atoms with Gasteiger partial charge in [-0.1, -0.05) is 29.3 Å². The van der Waals surface area contributed by atoms with Crippen molar-refractivity contribution in [3.8, 4) is 0 Å². The summed E-state index contributed by atoms with van der Waals surface area (Å²) in [7, 11) is 0. The van der Waals surface area contributed by atoms with Crippen LogP contribution < -0.4 is 5.32 Å². The van der Waals surface area contributed by atoms with Crippen molar-refractivity contribution in [2.45, 2.75) is 6.54 Å². The third-order valence-corrected chi connectivity index (χ3v) is 3.39. The maximum atomic E-state index is 13.7. The lowest BCUT2D eigenvalue weighted by molar-refractivity contribution is 0.630. The van der Waals surface area contributed by atoms with Crippen LogP contribution in [0.5, 0.6) is 0 Å². The highest BCUT2D eigenvalue weighted by atomic mass is 35.5. The van der Waals surface area contributed by atoms with Gasteiger partial charge in [0.2, 0.25) is 0 Å². The van der Waals surface area contributed by atoms with Crippen LogP contribution in [-0.2, 0) is 6.54 Å². The molecule has 0 aliphatic rings. The molecule has 3 aromatic rings. The predicted molar refractivity (Wildman–Crippen MR) is 78.9 cm³/mol. The van der Waals surface area contributed by atoms with Crippen molar-refractivity contribution < 1.29 is 4.39 Å². The Morgan fingerprint density at radius 3 is 2.85 bits per heavy atom. The molecule has 2 heterocycles. The van der Waals surface area contributed by atoms with Crippen LogP contribution in [0.15, 0.2) is 42.7 Å². The number of benzene rings is 1. The van der Waals surface area contributed by atoms with E-state index in [0.29, 0.717) is 17.3 Å². The number of pyridine rings is 1. The number of rotatable bonds is 3. The smallest absolute Gasteiger partial charge is 0.164 e. The van der Waals surface area contributed by atoms with Crippen molar-refractivity contribution in [2.75, 3.05) is 5.32 Å². The van der Waals surface area contributed by atoms with Gasteiger partial charge in [0.25, 0.3) is 0 Å². The van der Waals surface area contributed by atoms with Crippen molar-refractivity contribution in [3.05, 3.63) is 64.3 Å². The highest BCUT2D eigenvalue weighted by Gasteiger charge is 2.07. The summed E-state index contributed by atoms with van der Waals surface area (Å²) in [5.41, 5.74) is 1.93. The summed E-state index contributed by atoms with van der Waals surface area (Å²) in [4.78, 5) is 4.41. The van der Waals surface area contributed by atoms with Gasteiger partial charge in [0.15, 0.2) is 5.82 Å². The Bertz CT molecular complexity index is 770. The number of fused-ring (bicyclic) bond motifs is 1. The van der Waals surface area contributed by atoms with Crippen molar-refractivity contribution in [1.29, 1.82) is 0 Å². The van der Waals surface area contributed by atoms with Gasteiger partial charge in [-0.25, -0.2) is 9.37 Å². The average Bonchev–Trinajstić information content (AvgIpc) is 2.82. The van der Waals surface area contributed by atoms with Crippen LogP contribution >= 0.6 is 23.2 Å². The molecule has 0 bridgehead atoms. The molecule has 0 aliphatic heterocycles. The first kappa shape index (κ1) is 13.2. The molecule has 3 nitrogen and oxygen atoms in total. The van der Waals surface area contributed by atoms with Gasteiger partial charge in [-0.15, -0.1) is 0 Å². The Morgan fingerprint density at radius 2 is 2.00 bits per heavy atom. The second kappa shape index (κ2) is 5.31. The van der Waals surface area contributed by atoms with E-state index in [2.05, 4.69) is 10.3 Å². The zero-order chi connectivity index (χ0) is 14.1. The number of imidazole rings is 1. The molecule has 0 amide bonds. The lowest BCUT2D eigenvalue weighted by Crippen LogP contribution is -2.01. The highest BCUT2D eigenvalue weighted by molar-refractivity contribution is 6.31. The molecular formula is C14H10Cl2FN3. The zero-order valence-electron chi connectivity index (χ0n) is 10.3. The maximum absolute atomic E-state index is 13.7. The number of nitrogens with one attached hydrogen (secondary N) is 1. The summed E-state index contributed by atoms with van der Waals surface area (Å²) >= 11 is 11.6. The fourth-order valence-corrected chi connectivity index (χ4v) is 2.27. The quantitative estimate of drug-likeness (QED) is 0.777. The molecule has 0 fully saturated rings. The van der Waals surface area contributed by atoms with Crippen LogP contribution in [0.3, 0.4) is 0 Å². The first-order valence-electron chi connectivity index (χ1n) is 5.94. The average molecular weight is 310 g/mol. The van der Waals surface area contributed by atoms with E-state index < -0.39 is 5.82 Å². The third-order valence-electron chi connectivity index (χ3n) is 2.88. The van der Waals surface area contributed by atoms with Gasteiger partial charge in [0.05, 0.1) is 28.0 Å². The molecule has 102 valence electrons. The van der Waals surface area contributed by atoms with Crippen LogP contribution in [0.2, 0.25) is 10.0 Å². The molecule has 0 saturated heterocycles. The molecular weight excluding hydrogens is 300 g/mol. The van der Waals surface area contributed by atoms with Crippen molar-refractivity contribution in [3.63, 3.8) is 0 Å². The summed E-state index contributed by atoms with van der Waals surface area (Å²) in [6.45, 7) is 0.399. The minimum absolute atomic E-state index is 0.0942. The summed E-state index contributed by atoms with van der Waals surface area (Å²) < 4.78 is 15.6. The van der Waals surface area contributed by atoms with Crippen molar-refractivity contribution in [1.82, 2.24) is 9.38 Å². The first-order valence-corrected chi connectivity index (χ1v) is 6.70. The summed E-state index contributed by atoms with van der Waals surface area (Å²) in [6, 6.07) is 8.43. The van der Waals surface area contributed by atoms with Crippen LogP contribution in [-0.4, -0.2) is 9.38 Å². The molecule has 0 unspecified atom stereocenters. The molecule has 1 aromatic carbocycles. The molecule has 1 N–H and O–H groups in total. The number of aromatic nitrogens is 2. The minimum Gasteiger partial charge on any atom is -0.377 e. The Morgan fingerprint density at radius 1 is 1.15 bits per heavy atom. The maximum Gasteiger partial charge on any atom is 0.164 e. The normalized spacial score (nSPS) is 10.9. The number of anilines is 1. The van der Waals surface area contributed by atoms with Crippen LogP contribution in [0.25, 0.3) is 5.65 Å². The van der Waals surface area contributed by atoms with E-state index in [4.69, 9.17) is 23.2 Å². The van der Waals surface area contributed by atoms with E-state index in [1.165, 1.54) is 6.07 Å². The Kier molecular flexibility index (Phi) is 3.51. The first-order chi connectivity index (χ1) is 9.63. The molecule has 0 atom stereocenters. The molecule has 20 heavy (non-hydrogen) atoms. The molecule has 3 rings (SSSR count). The van der Waals surface area contributed by atoms with Gasteiger partial charge in [-0.2, -0.15) is 0 Å². The van der Waals surface area contributed by atoms with E-state index in [1.807, 2.05) is 16.7 Å². The molecule has 0 saturated carbocycles. The van der Waals surface area contributed by atoms with Crippen LogP contribution in [0.1, 0.15) is 5.69 Å². The van der Waals surface area contributed by atoms with Crippen LogP contribution in [0.4, 0.5) is 10.1 Å². The number of halogens is 3. The minimum atomic E-state index is -0.457. The largest absolute Gasteiger partial charge is 0.377 e. The van der Waals surface area contributed by atoms with Crippen molar-refractivity contribution >= 4 is 34.5 Å². The molecule has 0 spiro atoms. The lowest BCUT2D eigenvalue weighted by Gasteiger charge is -2.06. The number of hydrogen-bond donors (Lipinski definition) is 1. The predicted octanol–water partition coefficient (Wildman–Crippen LogP) is 4.39. The second-order valence-corrected chi connectivity index (χ2v) is 5.14. The van der Waals surface area contributed by atoms with E-state index in [1.54, 1.807) is 24.4 Å². The van der Waals surface area contributed by atoms with Gasteiger partial charge >= 0.3 is 0 Å². The van der Waals surface area contributed by atoms with Crippen molar-refractivity contribution in [2.24, 2.45) is 0 Å². The Hall–Kier alpha value is -1.78. The van der Waals surface area contributed by atoms with Crippen LogP contribution in [0, 0.1) is 5.82 Å². The zero-order valence-corrected chi connectivity index (χ0v) is 11.8.